The van der Waals surface area contributed by atoms with Gasteiger partial charge in [0, 0.05) is 12.6 Å². The van der Waals surface area contributed by atoms with Crippen LogP contribution in [0.4, 0.5) is 42.4 Å². The summed E-state index contributed by atoms with van der Waals surface area (Å²) in [6.07, 6.45) is -9.63. The molecule has 3 rings (SSSR count). The van der Waals surface area contributed by atoms with Crippen molar-refractivity contribution in [3.8, 4) is 5.75 Å². The second-order valence-electron chi connectivity index (χ2n) is 7.06. The molecule has 0 unspecified atom stereocenters. The number of benzene rings is 1. The molecular formula is C19H17F6N7O2S. The summed E-state index contributed by atoms with van der Waals surface area (Å²) in [6.45, 7) is 2.03. The van der Waals surface area contributed by atoms with Crippen molar-refractivity contribution in [1.82, 2.24) is 20.4 Å². The summed E-state index contributed by atoms with van der Waals surface area (Å²) in [5.74, 6) is -0.802. The number of anilines is 3. The van der Waals surface area contributed by atoms with Crippen LogP contribution in [0.5, 0.6) is 5.75 Å². The van der Waals surface area contributed by atoms with E-state index in [9.17, 15) is 31.1 Å². The summed E-state index contributed by atoms with van der Waals surface area (Å²) < 4.78 is 78.4. The molecule has 0 aliphatic carbocycles. The van der Waals surface area contributed by atoms with Crippen LogP contribution >= 0.6 is 11.3 Å². The first kappa shape index (κ1) is 25.9. The third-order valence-corrected chi connectivity index (χ3v) is 4.85. The van der Waals surface area contributed by atoms with E-state index in [0.717, 1.165) is 35.6 Å². The minimum atomic E-state index is -4.84. The van der Waals surface area contributed by atoms with Crippen LogP contribution in [-0.2, 0) is 17.4 Å². The van der Waals surface area contributed by atoms with Gasteiger partial charge in [0.2, 0.25) is 16.2 Å². The average molecular weight is 521 g/mol. The minimum Gasteiger partial charge on any atom is -0.406 e. The first-order valence-corrected chi connectivity index (χ1v) is 10.6. The maximum Gasteiger partial charge on any atom is 0.573 e. The van der Waals surface area contributed by atoms with Crippen molar-refractivity contribution in [1.29, 1.82) is 0 Å². The van der Waals surface area contributed by atoms with Gasteiger partial charge < -0.3 is 20.7 Å². The number of rotatable bonds is 9. The molecule has 35 heavy (non-hydrogen) atoms. The normalized spacial score (nSPS) is 12.7. The number of amides is 1. The fraction of sp³-hybridized carbons (Fsp3) is 0.316. The van der Waals surface area contributed by atoms with Gasteiger partial charge in [-0.15, -0.1) is 33.6 Å². The van der Waals surface area contributed by atoms with Crippen LogP contribution in [-0.4, -0.2) is 45.3 Å². The molecule has 16 heteroatoms. The van der Waals surface area contributed by atoms with E-state index >= 15 is 0 Å². The van der Waals surface area contributed by atoms with Gasteiger partial charge in [0.1, 0.15) is 11.6 Å². The number of aromatic nitrogens is 4. The van der Waals surface area contributed by atoms with Crippen molar-refractivity contribution >= 4 is 33.3 Å². The molecule has 9 nitrogen and oxygen atoms in total. The minimum absolute atomic E-state index is 0.154. The van der Waals surface area contributed by atoms with Gasteiger partial charge in [-0.1, -0.05) is 23.5 Å². The smallest absolute Gasteiger partial charge is 0.406 e. The predicted molar refractivity (Wildman–Crippen MR) is 114 cm³/mol. The molecule has 3 aromatic rings. The Morgan fingerprint density at radius 1 is 1.03 bits per heavy atom. The van der Waals surface area contributed by atoms with E-state index in [-0.39, 0.29) is 30.0 Å². The number of alkyl halides is 6. The number of carbonyl (C=O) groups is 1. The second kappa shape index (κ2) is 10.7. The van der Waals surface area contributed by atoms with Gasteiger partial charge in [0.25, 0.3) is 0 Å². The fourth-order valence-electron chi connectivity index (χ4n) is 2.63. The SMILES string of the molecule is C[C@H](CNc1ccc(C(F)(F)F)nn1)Nc1nnc(NC(=O)Cc2cccc(OC(F)(F)F)c2)s1. The highest BCUT2D eigenvalue weighted by molar-refractivity contribution is 7.19. The van der Waals surface area contributed by atoms with Gasteiger partial charge in [0.15, 0.2) is 5.69 Å². The Hall–Kier alpha value is -3.69. The van der Waals surface area contributed by atoms with Crippen molar-refractivity contribution in [3.05, 3.63) is 47.7 Å². The Bertz CT molecular complexity index is 1140. The van der Waals surface area contributed by atoms with E-state index < -0.39 is 29.9 Å². The Labute approximate surface area is 197 Å². The highest BCUT2D eigenvalue weighted by atomic mass is 32.1. The fourth-order valence-corrected chi connectivity index (χ4v) is 3.40. The Morgan fingerprint density at radius 2 is 1.77 bits per heavy atom. The van der Waals surface area contributed by atoms with Crippen molar-refractivity contribution in [3.63, 3.8) is 0 Å². The van der Waals surface area contributed by atoms with Crippen molar-refractivity contribution < 1.29 is 35.9 Å². The van der Waals surface area contributed by atoms with Crippen molar-refractivity contribution in [2.45, 2.75) is 31.9 Å². The van der Waals surface area contributed by atoms with Gasteiger partial charge in [0.05, 0.1) is 6.42 Å². The van der Waals surface area contributed by atoms with Crippen LogP contribution in [0.1, 0.15) is 18.2 Å². The molecule has 0 aliphatic rings. The van der Waals surface area contributed by atoms with E-state index in [1.165, 1.54) is 12.1 Å². The first-order chi connectivity index (χ1) is 16.4. The molecule has 0 saturated heterocycles. The molecule has 1 atom stereocenters. The summed E-state index contributed by atoms with van der Waals surface area (Å²) >= 11 is 1.02. The quantitative estimate of drug-likeness (QED) is 0.357. The Morgan fingerprint density at radius 3 is 2.43 bits per heavy atom. The van der Waals surface area contributed by atoms with Crippen LogP contribution in [0.3, 0.4) is 0 Å². The van der Waals surface area contributed by atoms with Crippen LogP contribution in [0.15, 0.2) is 36.4 Å². The van der Waals surface area contributed by atoms with E-state index in [0.29, 0.717) is 10.7 Å². The van der Waals surface area contributed by atoms with Gasteiger partial charge in [-0.3, -0.25) is 4.79 Å². The number of nitrogens with zero attached hydrogens (tertiary/aromatic N) is 4. The third kappa shape index (κ3) is 8.55. The molecule has 0 fully saturated rings. The molecule has 0 aliphatic heterocycles. The average Bonchev–Trinajstić information content (AvgIpc) is 3.17. The second-order valence-corrected chi connectivity index (χ2v) is 8.04. The number of halogens is 6. The van der Waals surface area contributed by atoms with E-state index in [4.69, 9.17) is 0 Å². The molecule has 0 radical (unpaired) electrons. The lowest BCUT2D eigenvalue weighted by Crippen LogP contribution is -2.25. The summed E-state index contributed by atoms with van der Waals surface area (Å²) in [7, 11) is 0. The molecule has 2 aromatic heterocycles. The van der Waals surface area contributed by atoms with E-state index in [1.807, 2.05) is 0 Å². The molecule has 1 aromatic carbocycles. The molecule has 0 saturated carbocycles. The van der Waals surface area contributed by atoms with Crippen LogP contribution in [0.2, 0.25) is 0 Å². The maximum atomic E-state index is 12.5. The lowest BCUT2D eigenvalue weighted by molar-refractivity contribution is -0.274. The summed E-state index contributed by atoms with van der Waals surface area (Å²) in [5, 5.41) is 23.1. The Kier molecular flexibility index (Phi) is 7.93. The monoisotopic (exact) mass is 521 g/mol. The summed E-state index contributed by atoms with van der Waals surface area (Å²) in [5.41, 5.74) is -0.793. The highest BCUT2D eigenvalue weighted by Crippen LogP contribution is 2.27. The maximum absolute atomic E-state index is 12.5. The molecule has 3 N–H and O–H groups in total. The molecule has 188 valence electrons. The van der Waals surface area contributed by atoms with Crippen LogP contribution in [0, 0.1) is 0 Å². The van der Waals surface area contributed by atoms with Gasteiger partial charge >= 0.3 is 12.5 Å². The van der Waals surface area contributed by atoms with Gasteiger partial charge in [-0.05, 0) is 36.8 Å². The third-order valence-electron chi connectivity index (χ3n) is 4.08. The largest absolute Gasteiger partial charge is 0.573 e. The van der Waals surface area contributed by atoms with Crippen LogP contribution in [0.25, 0.3) is 0 Å². The summed E-state index contributed by atoms with van der Waals surface area (Å²) in [4.78, 5) is 12.2. The number of carbonyl (C=O) groups excluding carboxylic acids is 1. The molecule has 0 bridgehead atoms. The highest BCUT2D eigenvalue weighted by Gasteiger charge is 2.33. The molecule has 2 heterocycles. The zero-order chi connectivity index (χ0) is 25.6. The zero-order valence-corrected chi connectivity index (χ0v) is 18.6. The van der Waals surface area contributed by atoms with Crippen LogP contribution < -0.4 is 20.7 Å². The standard InChI is InChI=1S/C19H17F6N7O2S/c1-10(9-26-14-6-5-13(29-30-14)18(20,21)22)27-16-31-32-17(35-16)28-15(33)8-11-3-2-4-12(7-11)34-19(23,24)25/h2-7,10H,8-9H2,1H3,(H,26,30)(H,27,31)(H,28,32,33)/t10-/m1/s1. The summed E-state index contributed by atoms with van der Waals surface area (Å²) in [6, 6.07) is 6.76. The van der Waals surface area contributed by atoms with E-state index in [1.54, 1.807) is 6.92 Å². The number of ether oxygens (including phenoxy) is 1. The zero-order valence-electron chi connectivity index (χ0n) is 17.7. The molecule has 1 amide bonds. The lowest BCUT2D eigenvalue weighted by atomic mass is 10.1. The van der Waals surface area contributed by atoms with Crippen molar-refractivity contribution in [2.24, 2.45) is 0 Å². The first-order valence-electron chi connectivity index (χ1n) is 9.77. The van der Waals surface area contributed by atoms with E-state index in [2.05, 4.69) is 41.1 Å². The molecule has 0 spiro atoms. The number of hydrogen-bond acceptors (Lipinski definition) is 9. The lowest BCUT2D eigenvalue weighted by Gasteiger charge is -2.13. The number of hydrogen-bond donors (Lipinski definition) is 3. The number of nitrogens with one attached hydrogen (secondary N) is 3. The van der Waals surface area contributed by atoms with Crippen molar-refractivity contribution in [2.75, 3.05) is 22.5 Å². The van der Waals surface area contributed by atoms with Gasteiger partial charge in [-0.25, -0.2) is 0 Å². The predicted octanol–water partition coefficient (Wildman–Crippen LogP) is 4.34. The Balaban J connectivity index is 1.46. The van der Waals surface area contributed by atoms with Gasteiger partial charge in [-0.2, -0.15) is 13.2 Å². The topological polar surface area (TPSA) is 114 Å². The molecular weight excluding hydrogens is 504 g/mol.